The van der Waals surface area contributed by atoms with Crippen LogP contribution >= 0.6 is 0 Å². The van der Waals surface area contributed by atoms with Gasteiger partial charge in [0.25, 0.3) is 0 Å². The third kappa shape index (κ3) is 4.35. The topological polar surface area (TPSA) is 77.4 Å². The number of aryl methyl sites for hydroxylation is 2. The van der Waals surface area contributed by atoms with Gasteiger partial charge in [-0.05, 0) is 66.0 Å². The Bertz CT molecular complexity index is 942. The predicted molar refractivity (Wildman–Crippen MR) is 123 cm³/mol. The minimum absolute atomic E-state index is 0.115. The second-order valence-electron chi connectivity index (χ2n) is 9.49. The Morgan fingerprint density at radius 1 is 1.16 bits per heavy atom. The van der Waals surface area contributed by atoms with Crippen molar-refractivity contribution >= 4 is 5.91 Å². The van der Waals surface area contributed by atoms with Crippen molar-refractivity contribution in [3.8, 4) is 5.88 Å². The number of likely N-dealkylation sites (tertiary alicyclic amines) is 1. The molecule has 1 amide bonds. The van der Waals surface area contributed by atoms with Crippen LogP contribution in [0.15, 0.2) is 30.6 Å². The monoisotopic (exact) mass is 440 g/mol. The van der Waals surface area contributed by atoms with Gasteiger partial charge < -0.3 is 14.4 Å². The second kappa shape index (κ2) is 9.14. The molecule has 0 bridgehead atoms. The van der Waals surface area contributed by atoms with Crippen LogP contribution in [0.1, 0.15) is 64.5 Å². The van der Waals surface area contributed by atoms with Gasteiger partial charge in [0.05, 0.1) is 23.7 Å². The van der Waals surface area contributed by atoms with E-state index < -0.39 is 16.6 Å². The standard InChI is InChI=1S/C25H36N4O3/c1-8-32-24(5,6)25(13-11-20-26-15-12-21(28-20)31-7)14-16-29(22(25)30)23(3,4)19-10-9-18(2)27-17-19/h9-10,12,15,17H,8,11,13-14,16H2,1-7H3/t25-/m1/s1. The van der Waals surface area contributed by atoms with Gasteiger partial charge in [-0.2, -0.15) is 4.98 Å². The first-order valence-corrected chi connectivity index (χ1v) is 11.3. The molecular weight excluding hydrogens is 404 g/mol. The average molecular weight is 441 g/mol. The zero-order chi connectivity index (χ0) is 23.6. The summed E-state index contributed by atoms with van der Waals surface area (Å²) in [5.41, 5.74) is 0.202. The van der Waals surface area contributed by atoms with Gasteiger partial charge in [0.2, 0.25) is 11.8 Å². The number of nitrogens with zero attached hydrogens (tertiary/aromatic N) is 4. The maximum Gasteiger partial charge on any atom is 0.232 e. The molecule has 0 radical (unpaired) electrons. The normalized spacial score (nSPS) is 19.5. The first-order valence-electron chi connectivity index (χ1n) is 11.3. The molecule has 174 valence electrons. The molecule has 1 aliphatic rings. The predicted octanol–water partition coefficient (Wildman–Crippen LogP) is 4.09. The van der Waals surface area contributed by atoms with Crippen LogP contribution in [0.25, 0.3) is 0 Å². The van der Waals surface area contributed by atoms with E-state index in [9.17, 15) is 4.79 Å². The lowest BCUT2D eigenvalue weighted by atomic mass is 9.68. The highest BCUT2D eigenvalue weighted by Gasteiger charge is 2.58. The van der Waals surface area contributed by atoms with Gasteiger partial charge in [0.15, 0.2) is 0 Å². The lowest BCUT2D eigenvalue weighted by Crippen LogP contribution is -2.54. The number of carbonyl (C=O) groups is 1. The van der Waals surface area contributed by atoms with Crippen LogP contribution in [0.3, 0.4) is 0 Å². The van der Waals surface area contributed by atoms with Crippen molar-refractivity contribution in [3.05, 3.63) is 47.7 Å². The summed E-state index contributed by atoms with van der Waals surface area (Å²) in [5.74, 6) is 1.31. The summed E-state index contributed by atoms with van der Waals surface area (Å²) in [6.07, 6.45) is 5.45. The number of carbonyl (C=O) groups excluding carboxylic acids is 1. The van der Waals surface area contributed by atoms with E-state index in [4.69, 9.17) is 9.47 Å². The molecule has 2 aromatic rings. The van der Waals surface area contributed by atoms with Crippen LogP contribution in [-0.4, -0.2) is 51.6 Å². The summed E-state index contributed by atoms with van der Waals surface area (Å²) >= 11 is 0. The van der Waals surface area contributed by atoms with Gasteiger partial charge in [0.1, 0.15) is 5.82 Å². The van der Waals surface area contributed by atoms with E-state index in [2.05, 4.69) is 34.9 Å². The summed E-state index contributed by atoms with van der Waals surface area (Å²) in [7, 11) is 1.59. The SMILES string of the molecule is CCOC(C)(C)[C@]1(CCc2nccc(OC)n2)CCN(C(C)(C)c2ccc(C)nc2)C1=O. The molecule has 3 heterocycles. The Morgan fingerprint density at radius 2 is 1.91 bits per heavy atom. The highest BCUT2D eigenvalue weighted by Crippen LogP contribution is 2.50. The van der Waals surface area contributed by atoms with Crippen molar-refractivity contribution in [1.29, 1.82) is 0 Å². The van der Waals surface area contributed by atoms with Crippen molar-refractivity contribution in [2.24, 2.45) is 5.41 Å². The molecule has 32 heavy (non-hydrogen) atoms. The molecule has 2 aromatic heterocycles. The fraction of sp³-hybridized carbons (Fsp3) is 0.600. The highest BCUT2D eigenvalue weighted by atomic mass is 16.5. The summed E-state index contributed by atoms with van der Waals surface area (Å²) < 4.78 is 11.4. The van der Waals surface area contributed by atoms with Gasteiger partial charge in [-0.1, -0.05) is 6.07 Å². The van der Waals surface area contributed by atoms with E-state index in [1.54, 1.807) is 19.4 Å². The molecule has 1 saturated heterocycles. The van der Waals surface area contributed by atoms with Crippen molar-refractivity contribution in [3.63, 3.8) is 0 Å². The molecule has 0 aromatic carbocycles. The Hall–Kier alpha value is -2.54. The maximum atomic E-state index is 14.1. The molecule has 7 nitrogen and oxygen atoms in total. The van der Waals surface area contributed by atoms with Crippen molar-refractivity contribution in [1.82, 2.24) is 19.9 Å². The molecule has 0 unspecified atom stereocenters. The lowest BCUT2D eigenvalue weighted by molar-refractivity contribution is -0.161. The smallest absolute Gasteiger partial charge is 0.232 e. The van der Waals surface area contributed by atoms with Gasteiger partial charge in [0, 0.05) is 43.7 Å². The van der Waals surface area contributed by atoms with Crippen molar-refractivity contribution in [2.75, 3.05) is 20.3 Å². The van der Waals surface area contributed by atoms with Crippen LogP contribution < -0.4 is 4.74 Å². The molecule has 1 aliphatic heterocycles. The first kappa shape index (κ1) is 24.1. The van der Waals surface area contributed by atoms with E-state index in [-0.39, 0.29) is 5.91 Å². The number of aromatic nitrogens is 3. The van der Waals surface area contributed by atoms with Crippen LogP contribution in [0.2, 0.25) is 0 Å². The Labute approximate surface area is 191 Å². The molecule has 0 spiro atoms. The van der Waals surface area contributed by atoms with E-state index >= 15 is 0 Å². The molecule has 7 heteroatoms. The Morgan fingerprint density at radius 3 is 2.53 bits per heavy atom. The third-order valence-electron chi connectivity index (χ3n) is 7.03. The van der Waals surface area contributed by atoms with Crippen molar-refractivity contribution < 1.29 is 14.3 Å². The molecular formula is C25H36N4O3. The summed E-state index contributed by atoms with van der Waals surface area (Å²) in [6, 6.07) is 5.78. The van der Waals surface area contributed by atoms with Gasteiger partial charge in [-0.15, -0.1) is 0 Å². The number of rotatable bonds is 9. The maximum absolute atomic E-state index is 14.1. The minimum atomic E-state index is -0.676. The largest absolute Gasteiger partial charge is 0.481 e. The number of amides is 1. The zero-order valence-electron chi connectivity index (χ0n) is 20.4. The van der Waals surface area contributed by atoms with Gasteiger partial charge >= 0.3 is 0 Å². The van der Waals surface area contributed by atoms with Gasteiger partial charge in [-0.25, -0.2) is 4.98 Å². The number of pyridine rings is 1. The van der Waals surface area contributed by atoms with Crippen LogP contribution in [0.5, 0.6) is 5.88 Å². The van der Waals surface area contributed by atoms with Crippen LogP contribution in [-0.2, 0) is 21.5 Å². The molecule has 0 N–H and O–H groups in total. The Balaban J connectivity index is 1.93. The van der Waals surface area contributed by atoms with E-state index in [0.29, 0.717) is 44.1 Å². The molecule has 0 aliphatic carbocycles. The quantitative estimate of drug-likeness (QED) is 0.584. The van der Waals surface area contributed by atoms with E-state index in [0.717, 1.165) is 11.3 Å². The first-order chi connectivity index (χ1) is 15.1. The van der Waals surface area contributed by atoms with Crippen molar-refractivity contribution in [2.45, 2.75) is 71.9 Å². The van der Waals surface area contributed by atoms with Crippen LogP contribution in [0, 0.1) is 12.3 Å². The minimum Gasteiger partial charge on any atom is -0.481 e. The van der Waals surface area contributed by atoms with Crippen LogP contribution in [0.4, 0.5) is 0 Å². The summed E-state index contributed by atoms with van der Waals surface area (Å²) in [4.78, 5) is 29.4. The van der Waals surface area contributed by atoms with E-state index in [1.807, 2.05) is 44.9 Å². The van der Waals surface area contributed by atoms with Gasteiger partial charge in [-0.3, -0.25) is 9.78 Å². The molecule has 1 atom stereocenters. The zero-order valence-corrected chi connectivity index (χ0v) is 20.4. The average Bonchev–Trinajstić information content (AvgIpc) is 3.11. The lowest BCUT2D eigenvalue weighted by Gasteiger charge is -2.44. The van der Waals surface area contributed by atoms with E-state index in [1.165, 1.54) is 0 Å². The third-order valence-corrected chi connectivity index (χ3v) is 7.03. The fourth-order valence-electron chi connectivity index (χ4n) is 4.82. The molecule has 0 saturated carbocycles. The number of hydrogen-bond donors (Lipinski definition) is 0. The molecule has 3 rings (SSSR count). The number of hydrogen-bond acceptors (Lipinski definition) is 6. The fourth-order valence-corrected chi connectivity index (χ4v) is 4.82. The molecule has 1 fully saturated rings. The summed E-state index contributed by atoms with van der Waals surface area (Å²) in [6.45, 7) is 13.4. The highest BCUT2D eigenvalue weighted by molar-refractivity contribution is 5.87. The number of ether oxygens (including phenoxy) is 2. The number of methoxy groups -OCH3 is 1. The second-order valence-corrected chi connectivity index (χ2v) is 9.49. The summed E-state index contributed by atoms with van der Waals surface area (Å²) in [5, 5.41) is 0. The Kier molecular flexibility index (Phi) is 6.89.